The SMILES string of the molecule is CC(C)=C[C@H]1[C@@H](C(=O)Nc2ccc(C(=O)N3CCOCC3)cc2)C1(C)C. The van der Waals surface area contributed by atoms with E-state index in [0.717, 1.165) is 5.69 Å². The number of nitrogens with zero attached hydrogens (tertiary/aromatic N) is 1. The zero-order valence-electron chi connectivity index (χ0n) is 16.0. The molecule has 0 radical (unpaired) electrons. The van der Waals surface area contributed by atoms with Crippen LogP contribution in [-0.4, -0.2) is 43.0 Å². The summed E-state index contributed by atoms with van der Waals surface area (Å²) in [6, 6.07) is 7.16. The molecule has 2 atom stereocenters. The summed E-state index contributed by atoms with van der Waals surface area (Å²) in [6.07, 6.45) is 2.19. The van der Waals surface area contributed by atoms with Gasteiger partial charge in [0, 0.05) is 24.3 Å². The first-order valence-electron chi connectivity index (χ1n) is 9.23. The van der Waals surface area contributed by atoms with Gasteiger partial charge >= 0.3 is 0 Å². The Kier molecular flexibility index (Phi) is 5.19. The Morgan fingerprint density at radius 2 is 1.77 bits per heavy atom. The van der Waals surface area contributed by atoms with E-state index in [1.165, 1.54) is 5.57 Å². The van der Waals surface area contributed by atoms with E-state index in [1.54, 1.807) is 29.2 Å². The summed E-state index contributed by atoms with van der Waals surface area (Å²) in [4.78, 5) is 26.9. The average molecular weight is 356 g/mol. The van der Waals surface area contributed by atoms with E-state index < -0.39 is 0 Å². The number of rotatable bonds is 4. The number of amides is 2. The molecule has 1 aromatic carbocycles. The first-order chi connectivity index (χ1) is 12.3. The molecule has 5 heteroatoms. The second-order valence-corrected chi connectivity index (χ2v) is 8.04. The number of anilines is 1. The summed E-state index contributed by atoms with van der Waals surface area (Å²) in [5, 5.41) is 3.00. The molecule has 1 aromatic rings. The largest absolute Gasteiger partial charge is 0.378 e. The van der Waals surface area contributed by atoms with Crippen LogP contribution in [0.5, 0.6) is 0 Å². The maximum Gasteiger partial charge on any atom is 0.254 e. The van der Waals surface area contributed by atoms with E-state index in [1.807, 2.05) is 0 Å². The third-order valence-electron chi connectivity index (χ3n) is 5.40. The van der Waals surface area contributed by atoms with Crippen LogP contribution in [0.4, 0.5) is 5.69 Å². The number of carbonyl (C=O) groups is 2. The van der Waals surface area contributed by atoms with Crippen molar-refractivity contribution >= 4 is 17.5 Å². The molecule has 3 rings (SSSR count). The predicted molar refractivity (Wildman–Crippen MR) is 102 cm³/mol. The second-order valence-electron chi connectivity index (χ2n) is 8.04. The quantitative estimate of drug-likeness (QED) is 0.842. The van der Waals surface area contributed by atoms with E-state index in [2.05, 4.69) is 39.1 Å². The first-order valence-corrected chi connectivity index (χ1v) is 9.23. The number of morpholine rings is 1. The van der Waals surface area contributed by atoms with Crippen LogP contribution in [0.25, 0.3) is 0 Å². The molecule has 1 heterocycles. The highest BCUT2D eigenvalue weighted by Crippen LogP contribution is 2.59. The highest BCUT2D eigenvalue weighted by molar-refractivity contribution is 5.97. The number of ether oxygens (including phenoxy) is 1. The van der Waals surface area contributed by atoms with Gasteiger partial charge in [-0.05, 0) is 49.4 Å². The van der Waals surface area contributed by atoms with Crippen molar-refractivity contribution in [2.24, 2.45) is 17.3 Å². The molecule has 1 aliphatic carbocycles. The fourth-order valence-electron chi connectivity index (χ4n) is 3.71. The number of nitrogens with one attached hydrogen (secondary N) is 1. The molecule has 1 saturated carbocycles. The van der Waals surface area contributed by atoms with Gasteiger partial charge in [0.05, 0.1) is 19.1 Å². The minimum absolute atomic E-state index is 0.00636. The van der Waals surface area contributed by atoms with Gasteiger partial charge in [-0.25, -0.2) is 0 Å². The summed E-state index contributed by atoms with van der Waals surface area (Å²) in [7, 11) is 0. The van der Waals surface area contributed by atoms with Crippen LogP contribution in [0.15, 0.2) is 35.9 Å². The molecule has 26 heavy (non-hydrogen) atoms. The zero-order chi connectivity index (χ0) is 18.9. The van der Waals surface area contributed by atoms with Crippen molar-refractivity contribution in [1.82, 2.24) is 4.90 Å². The maximum absolute atomic E-state index is 12.6. The third-order valence-corrected chi connectivity index (χ3v) is 5.40. The topological polar surface area (TPSA) is 58.6 Å². The smallest absolute Gasteiger partial charge is 0.254 e. The molecule has 0 bridgehead atoms. The van der Waals surface area contributed by atoms with Gasteiger partial charge in [0.1, 0.15) is 0 Å². The fraction of sp³-hybridized carbons (Fsp3) is 0.524. The molecule has 1 saturated heterocycles. The highest BCUT2D eigenvalue weighted by Gasteiger charge is 2.60. The van der Waals surface area contributed by atoms with Crippen LogP contribution in [0.2, 0.25) is 0 Å². The van der Waals surface area contributed by atoms with Gasteiger partial charge in [0.2, 0.25) is 5.91 Å². The van der Waals surface area contributed by atoms with Crippen molar-refractivity contribution in [3.05, 3.63) is 41.5 Å². The lowest BCUT2D eigenvalue weighted by atomic mass is 10.1. The van der Waals surface area contributed by atoms with E-state index in [-0.39, 0.29) is 29.1 Å². The van der Waals surface area contributed by atoms with Crippen LogP contribution in [0.1, 0.15) is 38.1 Å². The summed E-state index contributed by atoms with van der Waals surface area (Å²) in [6.45, 7) is 10.8. The number of allylic oxidation sites excluding steroid dienone is 2. The van der Waals surface area contributed by atoms with Crippen molar-refractivity contribution in [3.63, 3.8) is 0 Å². The summed E-state index contributed by atoms with van der Waals surface area (Å²) in [5.41, 5.74) is 2.60. The zero-order valence-corrected chi connectivity index (χ0v) is 16.0. The number of hydrogen-bond donors (Lipinski definition) is 1. The molecular formula is C21H28N2O3. The lowest BCUT2D eigenvalue weighted by Crippen LogP contribution is -2.40. The fourth-order valence-corrected chi connectivity index (χ4v) is 3.71. The second kappa shape index (κ2) is 7.23. The Morgan fingerprint density at radius 3 is 2.35 bits per heavy atom. The normalized spacial score (nSPS) is 23.9. The molecule has 1 N–H and O–H groups in total. The van der Waals surface area contributed by atoms with E-state index in [4.69, 9.17) is 4.74 Å². The van der Waals surface area contributed by atoms with E-state index in [0.29, 0.717) is 31.9 Å². The number of carbonyl (C=O) groups excluding carboxylic acids is 2. The average Bonchev–Trinajstić information content (AvgIpc) is 3.15. The molecule has 0 aromatic heterocycles. The van der Waals surface area contributed by atoms with E-state index >= 15 is 0 Å². The van der Waals surface area contributed by atoms with Crippen molar-refractivity contribution in [2.45, 2.75) is 27.7 Å². The molecular weight excluding hydrogens is 328 g/mol. The van der Waals surface area contributed by atoms with Crippen LogP contribution in [0.3, 0.4) is 0 Å². The number of benzene rings is 1. The van der Waals surface area contributed by atoms with Crippen molar-refractivity contribution in [2.75, 3.05) is 31.6 Å². The third kappa shape index (κ3) is 3.83. The predicted octanol–water partition coefficient (Wildman–Crippen LogP) is 3.34. The standard InChI is InChI=1S/C21H28N2O3/c1-14(2)13-17-18(21(17,3)4)19(24)22-16-7-5-15(6-8-16)20(25)23-9-11-26-12-10-23/h5-8,13,17-18H,9-12H2,1-4H3,(H,22,24)/t17-,18-/m0/s1. The van der Waals surface area contributed by atoms with E-state index in [9.17, 15) is 9.59 Å². The van der Waals surface area contributed by atoms with Gasteiger partial charge in [-0.1, -0.05) is 25.5 Å². The summed E-state index contributed by atoms with van der Waals surface area (Å²) < 4.78 is 5.28. The van der Waals surface area contributed by atoms with Crippen LogP contribution in [0, 0.1) is 17.3 Å². The van der Waals surface area contributed by atoms with Gasteiger partial charge in [0.25, 0.3) is 5.91 Å². The van der Waals surface area contributed by atoms with Crippen molar-refractivity contribution < 1.29 is 14.3 Å². The van der Waals surface area contributed by atoms with Crippen molar-refractivity contribution in [1.29, 1.82) is 0 Å². The Bertz CT molecular complexity index is 711. The first kappa shape index (κ1) is 18.6. The van der Waals surface area contributed by atoms with Gasteiger partial charge in [-0.15, -0.1) is 0 Å². The molecule has 2 amide bonds. The summed E-state index contributed by atoms with van der Waals surface area (Å²) in [5.74, 6) is 0.338. The van der Waals surface area contributed by atoms with Gasteiger partial charge in [0.15, 0.2) is 0 Å². The van der Waals surface area contributed by atoms with Gasteiger partial charge in [-0.3, -0.25) is 9.59 Å². The van der Waals surface area contributed by atoms with Gasteiger partial charge in [-0.2, -0.15) is 0 Å². The Hall–Kier alpha value is -2.14. The molecule has 5 nitrogen and oxygen atoms in total. The number of hydrogen-bond acceptors (Lipinski definition) is 3. The van der Waals surface area contributed by atoms with Crippen LogP contribution >= 0.6 is 0 Å². The Labute approximate surface area is 155 Å². The highest BCUT2D eigenvalue weighted by atomic mass is 16.5. The Morgan fingerprint density at radius 1 is 1.15 bits per heavy atom. The lowest BCUT2D eigenvalue weighted by Gasteiger charge is -2.26. The van der Waals surface area contributed by atoms with Crippen LogP contribution in [-0.2, 0) is 9.53 Å². The van der Waals surface area contributed by atoms with Crippen molar-refractivity contribution in [3.8, 4) is 0 Å². The monoisotopic (exact) mass is 356 g/mol. The maximum atomic E-state index is 12.6. The molecule has 0 spiro atoms. The molecule has 0 unspecified atom stereocenters. The molecule has 1 aliphatic heterocycles. The molecule has 2 fully saturated rings. The summed E-state index contributed by atoms with van der Waals surface area (Å²) >= 11 is 0. The minimum atomic E-state index is -0.00735. The van der Waals surface area contributed by atoms with Gasteiger partial charge < -0.3 is 15.0 Å². The Balaban J connectivity index is 1.62. The lowest BCUT2D eigenvalue weighted by molar-refractivity contribution is -0.118. The molecule has 140 valence electrons. The van der Waals surface area contributed by atoms with Crippen LogP contribution < -0.4 is 5.32 Å². The minimum Gasteiger partial charge on any atom is -0.378 e. The molecule has 2 aliphatic rings.